The minimum Gasteiger partial charge on any atom is -0.497 e. The number of nitrogens with two attached hydrogens (primary N) is 1. The van der Waals surface area contributed by atoms with E-state index in [2.05, 4.69) is 12.1 Å². The number of rotatable bonds is 3. The Morgan fingerprint density at radius 2 is 2.19 bits per heavy atom. The van der Waals surface area contributed by atoms with Gasteiger partial charge in [0, 0.05) is 13.7 Å². The average molecular weight is 221 g/mol. The topological polar surface area (TPSA) is 44.5 Å². The zero-order chi connectivity index (χ0) is 11.6. The number of benzene rings is 1. The molecular formula is C13H19NO2. The summed E-state index contributed by atoms with van der Waals surface area (Å²) >= 11 is 0. The van der Waals surface area contributed by atoms with Gasteiger partial charge >= 0.3 is 0 Å². The maximum absolute atomic E-state index is 5.89. The first-order chi connectivity index (χ1) is 7.75. The number of ether oxygens (including phenoxy) is 2. The van der Waals surface area contributed by atoms with Gasteiger partial charge in [0.2, 0.25) is 0 Å². The van der Waals surface area contributed by atoms with Gasteiger partial charge in [0.1, 0.15) is 11.4 Å². The molecule has 0 heterocycles. The first-order valence-corrected chi connectivity index (χ1v) is 5.68. The minimum atomic E-state index is -0.317. The lowest BCUT2D eigenvalue weighted by molar-refractivity contribution is -0.0213. The molecule has 1 aromatic carbocycles. The number of aryl methyl sites for hydroxylation is 1. The highest BCUT2D eigenvalue weighted by atomic mass is 16.5. The molecule has 0 fully saturated rings. The molecule has 1 unspecified atom stereocenters. The van der Waals surface area contributed by atoms with Crippen LogP contribution in [-0.2, 0) is 16.8 Å². The van der Waals surface area contributed by atoms with Crippen LogP contribution in [0.3, 0.4) is 0 Å². The minimum absolute atomic E-state index is 0.317. The first-order valence-electron chi connectivity index (χ1n) is 5.68. The van der Waals surface area contributed by atoms with Crippen LogP contribution in [0, 0.1) is 0 Å². The van der Waals surface area contributed by atoms with E-state index >= 15 is 0 Å². The van der Waals surface area contributed by atoms with Crippen LogP contribution in [0.5, 0.6) is 5.75 Å². The zero-order valence-corrected chi connectivity index (χ0v) is 9.95. The van der Waals surface area contributed by atoms with Gasteiger partial charge in [0.05, 0.1) is 7.11 Å². The van der Waals surface area contributed by atoms with E-state index in [9.17, 15) is 0 Å². The number of methoxy groups -OCH3 is 2. The summed E-state index contributed by atoms with van der Waals surface area (Å²) in [5, 5.41) is 0. The van der Waals surface area contributed by atoms with Gasteiger partial charge in [-0.3, -0.25) is 0 Å². The molecule has 0 saturated carbocycles. The summed E-state index contributed by atoms with van der Waals surface area (Å²) < 4.78 is 10.9. The lowest BCUT2D eigenvalue weighted by Crippen LogP contribution is -2.40. The van der Waals surface area contributed by atoms with Gasteiger partial charge in [-0.05, 0) is 42.5 Å². The molecule has 3 nitrogen and oxygen atoms in total. The molecule has 2 N–H and O–H groups in total. The van der Waals surface area contributed by atoms with Crippen molar-refractivity contribution in [3.05, 3.63) is 29.3 Å². The largest absolute Gasteiger partial charge is 0.497 e. The summed E-state index contributed by atoms with van der Waals surface area (Å²) in [5.74, 6) is 0.871. The predicted molar refractivity (Wildman–Crippen MR) is 63.7 cm³/mol. The summed E-state index contributed by atoms with van der Waals surface area (Å²) in [6.07, 6.45) is 3.22. The summed E-state index contributed by atoms with van der Waals surface area (Å²) in [6, 6.07) is 6.18. The smallest absolute Gasteiger partial charge is 0.119 e. The first kappa shape index (κ1) is 11.4. The molecule has 0 bridgehead atoms. The molecule has 3 heteroatoms. The van der Waals surface area contributed by atoms with E-state index in [1.54, 1.807) is 14.2 Å². The van der Waals surface area contributed by atoms with E-state index in [0.29, 0.717) is 6.54 Å². The molecule has 1 aliphatic rings. The fourth-order valence-electron chi connectivity index (χ4n) is 2.53. The highest BCUT2D eigenvalue weighted by Crippen LogP contribution is 2.38. The second kappa shape index (κ2) is 4.44. The molecule has 0 aromatic heterocycles. The molecule has 88 valence electrons. The van der Waals surface area contributed by atoms with Gasteiger partial charge in [-0.15, -0.1) is 0 Å². The third kappa shape index (κ3) is 1.70. The van der Waals surface area contributed by atoms with Crippen LogP contribution in [0.25, 0.3) is 0 Å². The second-order valence-electron chi connectivity index (χ2n) is 4.28. The lowest BCUT2D eigenvalue weighted by atomic mass is 9.79. The maximum Gasteiger partial charge on any atom is 0.119 e. The molecule has 16 heavy (non-hydrogen) atoms. The van der Waals surface area contributed by atoms with E-state index in [1.165, 1.54) is 11.1 Å². The van der Waals surface area contributed by atoms with Crippen molar-refractivity contribution in [3.8, 4) is 5.75 Å². The fraction of sp³-hybridized carbons (Fsp3) is 0.538. The van der Waals surface area contributed by atoms with E-state index < -0.39 is 0 Å². The summed E-state index contributed by atoms with van der Waals surface area (Å²) in [6.45, 7) is 0.518. The number of hydrogen-bond donors (Lipinski definition) is 1. The fourth-order valence-corrected chi connectivity index (χ4v) is 2.53. The van der Waals surface area contributed by atoms with Crippen LogP contribution in [0.1, 0.15) is 24.0 Å². The molecule has 2 rings (SSSR count). The molecule has 0 saturated heterocycles. The van der Waals surface area contributed by atoms with Crippen molar-refractivity contribution in [2.75, 3.05) is 20.8 Å². The molecule has 0 radical (unpaired) electrons. The standard InChI is InChI=1S/C13H19NO2/c1-15-11-6-5-10-4-3-7-13(9-14,16-2)12(10)8-11/h5-6,8H,3-4,7,9,14H2,1-2H3. The van der Waals surface area contributed by atoms with Crippen molar-refractivity contribution in [1.82, 2.24) is 0 Å². The Balaban J connectivity index is 2.50. The van der Waals surface area contributed by atoms with Gasteiger partial charge < -0.3 is 15.2 Å². The SMILES string of the molecule is COc1ccc2c(c1)C(CN)(OC)CCC2. The Morgan fingerprint density at radius 1 is 1.38 bits per heavy atom. The van der Waals surface area contributed by atoms with Gasteiger partial charge in [-0.2, -0.15) is 0 Å². The Hall–Kier alpha value is -1.06. The summed E-state index contributed by atoms with van der Waals surface area (Å²) in [4.78, 5) is 0. The van der Waals surface area contributed by atoms with Crippen molar-refractivity contribution in [1.29, 1.82) is 0 Å². The van der Waals surface area contributed by atoms with Crippen LogP contribution in [0.4, 0.5) is 0 Å². The predicted octanol–water partition coefficient (Wildman–Crippen LogP) is 1.83. The summed E-state index contributed by atoms with van der Waals surface area (Å²) in [5.41, 5.74) is 8.10. The number of fused-ring (bicyclic) bond motifs is 1. The van der Waals surface area contributed by atoms with Gasteiger partial charge in [0.25, 0.3) is 0 Å². The Morgan fingerprint density at radius 3 is 2.81 bits per heavy atom. The van der Waals surface area contributed by atoms with E-state index in [4.69, 9.17) is 15.2 Å². The van der Waals surface area contributed by atoms with Crippen LogP contribution in [0.2, 0.25) is 0 Å². The van der Waals surface area contributed by atoms with Crippen LogP contribution in [-0.4, -0.2) is 20.8 Å². The normalized spacial score (nSPS) is 23.9. The second-order valence-corrected chi connectivity index (χ2v) is 4.28. The van der Waals surface area contributed by atoms with Crippen LogP contribution >= 0.6 is 0 Å². The Bertz CT molecular complexity index is 372. The molecule has 0 spiro atoms. The number of hydrogen-bond acceptors (Lipinski definition) is 3. The van der Waals surface area contributed by atoms with Crippen molar-refractivity contribution >= 4 is 0 Å². The Labute approximate surface area is 96.5 Å². The molecule has 1 aliphatic carbocycles. The van der Waals surface area contributed by atoms with Crippen molar-refractivity contribution < 1.29 is 9.47 Å². The third-order valence-corrected chi connectivity index (χ3v) is 3.56. The quantitative estimate of drug-likeness (QED) is 0.847. The van der Waals surface area contributed by atoms with Gasteiger partial charge in [-0.25, -0.2) is 0 Å². The molecule has 0 aliphatic heterocycles. The van der Waals surface area contributed by atoms with Crippen LogP contribution in [0.15, 0.2) is 18.2 Å². The van der Waals surface area contributed by atoms with Crippen molar-refractivity contribution in [3.63, 3.8) is 0 Å². The van der Waals surface area contributed by atoms with E-state index in [0.717, 1.165) is 25.0 Å². The maximum atomic E-state index is 5.89. The van der Waals surface area contributed by atoms with E-state index in [1.807, 2.05) is 6.07 Å². The van der Waals surface area contributed by atoms with Gasteiger partial charge in [0.15, 0.2) is 0 Å². The third-order valence-electron chi connectivity index (χ3n) is 3.56. The average Bonchev–Trinajstić information content (AvgIpc) is 2.37. The van der Waals surface area contributed by atoms with Crippen molar-refractivity contribution in [2.24, 2.45) is 5.73 Å². The molecular weight excluding hydrogens is 202 g/mol. The summed E-state index contributed by atoms with van der Waals surface area (Å²) in [7, 11) is 3.42. The zero-order valence-electron chi connectivity index (χ0n) is 9.95. The van der Waals surface area contributed by atoms with Crippen molar-refractivity contribution in [2.45, 2.75) is 24.9 Å². The Kier molecular flexibility index (Phi) is 3.17. The highest BCUT2D eigenvalue weighted by Gasteiger charge is 2.35. The molecule has 0 amide bonds. The highest BCUT2D eigenvalue weighted by molar-refractivity contribution is 5.41. The van der Waals surface area contributed by atoms with E-state index in [-0.39, 0.29) is 5.60 Å². The molecule has 1 aromatic rings. The monoisotopic (exact) mass is 221 g/mol. The van der Waals surface area contributed by atoms with Crippen LogP contribution < -0.4 is 10.5 Å². The van der Waals surface area contributed by atoms with Gasteiger partial charge in [-0.1, -0.05) is 6.07 Å². The lowest BCUT2D eigenvalue weighted by Gasteiger charge is -2.37. The molecule has 1 atom stereocenters.